The number of nitrogens with one attached hydrogen (secondary N) is 2. The van der Waals surface area contributed by atoms with Crippen molar-refractivity contribution in [2.45, 2.75) is 13.5 Å². The molecule has 3 aromatic carbocycles. The van der Waals surface area contributed by atoms with Crippen LogP contribution in [0.3, 0.4) is 0 Å². The number of carbonyl (C=O) groups is 2. The molecule has 0 saturated carbocycles. The van der Waals surface area contributed by atoms with Crippen LogP contribution in [-0.2, 0) is 11.4 Å². The molecular formula is C25H24ClN3O4. The van der Waals surface area contributed by atoms with E-state index in [2.05, 4.69) is 15.8 Å². The minimum absolute atomic E-state index is 0.189. The molecule has 0 aromatic heterocycles. The molecule has 0 spiro atoms. The number of benzene rings is 3. The third kappa shape index (κ3) is 7.08. The molecule has 0 atom stereocenters. The zero-order valence-electron chi connectivity index (χ0n) is 18.3. The maximum Gasteiger partial charge on any atom is 0.259 e. The highest BCUT2D eigenvalue weighted by Gasteiger charge is 2.10. The van der Waals surface area contributed by atoms with E-state index in [-0.39, 0.29) is 12.5 Å². The van der Waals surface area contributed by atoms with Crippen LogP contribution in [0.2, 0.25) is 5.02 Å². The number of nitrogens with zero attached hydrogens (tertiary/aromatic N) is 1. The summed E-state index contributed by atoms with van der Waals surface area (Å²) in [5.41, 5.74) is 5.43. The quantitative estimate of drug-likeness (QED) is 0.367. The number of amides is 2. The molecule has 0 saturated heterocycles. The summed E-state index contributed by atoms with van der Waals surface area (Å²) in [6.07, 6.45) is 1.48. The van der Waals surface area contributed by atoms with E-state index in [1.807, 2.05) is 31.2 Å². The maximum atomic E-state index is 12.2. The Labute approximate surface area is 197 Å². The van der Waals surface area contributed by atoms with E-state index >= 15 is 0 Å². The summed E-state index contributed by atoms with van der Waals surface area (Å²) in [6, 6.07) is 19.8. The minimum atomic E-state index is -0.442. The van der Waals surface area contributed by atoms with Crippen LogP contribution in [-0.4, -0.2) is 31.7 Å². The van der Waals surface area contributed by atoms with Crippen molar-refractivity contribution < 1.29 is 19.1 Å². The zero-order valence-corrected chi connectivity index (χ0v) is 19.1. The van der Waals surface area contributed by atoms with Gasteiger partial charge in [0, 0.05) is 10.6 Å². The molecule has 3 rings (SSSR count). The minimum Gasteiger partial charge on any atom is -0.493 e. The summed E-state index contributed by atoms with van der Waals surface area (Å²) in [4.78, 5) is 24.1. The lowest BCUT2D eigenvalue weighted by atomic mass is 10.1. The molecule has 170 valence electrons. The van der Waals surface area contributed by atoms with Crippen LogP contribution in [0.15, 0.2) is 71.8 Å². The van der Waals surface area contributed by atoms with Crippen LogP contribution in [0.5, 0.6) is 11.5 Å². The Balaban J connectivity index is 1.50. The van der Waals surface area contributed by atoms with Gasteiger partial charge in [-0.3, -0.25) is 9.59 Å². The van der Waals surface area contributed by atoms with E-state index in [9.17, 15) is 9.59 Å². The maximum absolute atomic E-state index is 12.2. The van der Waals surface area contributed by atoms with Gasteiger partial charge in [0.1, 0.15) is 6.61 Å². The number of carbonyl (C=O) groups excluding carboxylic acids is 2. The molecule has 0 unspecified atom stereocenters. The second-order valence-electron chi connectivity index (χ2n) is 7.12. The van der Waals surface area contributed by atoms with Crippen molar-refractivity contribution in [2.24, 2.45) is 5.10 Å². The number of rotatable bonds is 9. The Morgan fingerprint density at radius 2 is 1.79 bits per heavy atom. The molecule has 0 aliphatic carbocycles. The summed E-state index contributed by atoms with van der Waals surface area (Å²) in [5.74, 6) is 0.353. The lowest BCUT2D eigenvalue weighted by molar-refractivity contribution is -0.120. The van der Waals surface area contributed by atoms with E-state index in [0.717, 1.165) is 11.1 Å². The van der Waals surface area contributed by atoms with Crippen LogP contribution >= 0.6 is 11.6 Å². The molecular weight excluding hydrogens is 442 g/mol. The van der Waals surface area contributed by atoms with Gasteiger partial charge in [-0.1, -0.05) is 41.9 Å². The molecule has 0 bridgehead atoms. The molecule has 3 aromatic rings. The molecule has 8 heteroatoms. The van der Waals surface area contributed by atoms with Crippen molar-refractivity contribution in [3.05, 3.63) is 94.0 Å². The largest absolute Gasteiger partial charge is 0.493 e. The van der Waals surface area contributed by atoms with Gasteiger partial charge in [0.05, 0.1) is 19.9 Å². The van der Waals surface area contributed by atoms with Crippen molar-refractivity contribution in [1.82, 2.24) is 10.7 Å². The van der Waals surface area contributed by atoms with Gasteiger partial charge in [0.2, 0.25) is 0 Å². The lowest BCUT2D eigenvalue weighted by Gasteiger charge is -2.11. The fraction of sp³-hybridized carbons (Fsp3) is 0.160. The average molecular weight is 466 g/mol. The zero-order chi connectivity index (χ0) is 23.6. The van der Waals surface area contributed by atoms with E-state index in [1.165, 1.54) is 6.21 Å². The SMILES string of the molecule is COc1cc(C=NNC(=O)CNC(=O)c2ccccc2C)ccc1OCc1ccc(Cl)cc1. The van der Waals surface area contributed by atoms with E-state index in [0.29, 0.717) is 34.3 Å². The summed E-state index contributed by atoms with van der Waals surface area (Å²) >= 11 is 5.90. The summed E-state index contributed by atoms with van der Waals surface area (Å²) in [6.45, 7) is 2.01. The molecule has 7 nitrogen and oxygen atoms in total. The molecule has 33 heavy (non-hydrogen) atoms. The van der Waals surface area contributed by atoms with Gasteiger partial charge in [0.15, 0.2) is 11.5 Å². The average Bonchev–Trinajstić information content (AvgIpc) is 2.83. The number of methoxy groups -OCH3 is 1. The fourth-order valence-electron chi connectivity index (χ4n) is 2.93. The standard InChI is InChI=1S/C25H24ClN3O4/c1-17-5-3-4-6-21(17)25(31)27-15-24(30)29-28-14-19-9-12-22(23(13-19)32-2)33-16-18-7-10-20(26)11-8-18/h3-14H,15-16H2,1-2H3,(H,27,31)(H,29,30). The monoisotopic (exact) mass is 465 g/mol. The van der Waals surface area contributed by atoms with Gasteiger partial charge in [0.25, 0.3) is 11.8 Å². The topological polar surface area (TPSA) is 89.0 Å². The third-order valence-corrected chi connectivity index (χ3v) is 4.95. The number of aryl methyl sites for hydroxylation is 1. The highest BCUT2D eigenvalue weighted by atomic mass is 35.5. The van der Waals surface area contributed by atoms with Crippen LogP contribution < -0.4 is 20.2 Å². The van der Waals surface area contributed by atoms with E-state index in [4.69, 9.17) is 21.1 Å². The predicted molar refractivity (Wildman–Crippen MR) is 128 cm³/mol. The second-order valence-corrected chi connectivity index (χ2v) is 7.55. The fourth-order valence-corrected chi connectivity index (χ4v) is 3.05. The van der Waals surface area contributed by atoms with Crippen molar-refractivity contribution in [3.63, 3.8) is 0 Å². The van der Waals surface area contributed by atoms with Crippen molar-refractivity contribution in [1.29, 1.82) is 0 Å². The molecule has 0 radical (unpaired) electrons. The Bertz CT molecular complexity index is 1150. The van der Waals surface area contributed by atoms with Gasteiger partial charge >= 0.3 is 0 Å². The van der Waals surface area contributed by atoms with E-state index in [1.54, 1.807) is 49.6 Å². The number of hydrogen-bond donors (Lipinski definition) is 2. The van der Waals surface area contributed by atoms with Crippen molar-refractivity contribution >= 4 is 29.6 Å². The van der Waals surface area contributed by atoms with Gasteiger partial charge in [-0.05, 0) is 60.0 Å². The normalized spacial score (nSPS) is 10.6. The van der Waals surface area contributed by atoms with Crippen LogP contribution in [0, 0.1) is 6.92 Å². The lowest BCUT2D eigenvalue weighted by Crippen LogP contribution is -2.35. The van der Waals surface area contributed by atoms with Crippen molar-refractivity contribution in [3.8, 4) is 11.5 Å². The molecule has 0 aliphatic heterocycles. The van der Waals surface area contributed by atoms with Crippen LogP contribution in [0.4, 0.5) is 0 Å². The first-order valence-electron chi connectivity index (χ1n) is 10.2. The predicted octanol–water partition coefficient (Wildman–Crippen LogP) is 4.12. The van der Waals surface area contributed by atoms with Gasteiger partial charge in [-0.15, -0.1) is 0 Å². The second kappa shape index (κ2) is 11.7. The highest BCUT2D eigenvalue weighted by Crippen LogP contribution is 2.28. The summed E-state index contributed by atoms with van der Waals surface area (Å²) in [7, 11) is 1.55. The van der Waals surface area contributed by atoms with Crippen LogP contribution in [0.1, 0.15) is 27.0 Å². The molecule has 0 aliphatic rings. The molecule has 0 fully saturated rings. The first kappa shape index (κ1) is 23.8. The molecule has 0 heterocycles. The number of ether oxygens (including phenoxy) is 2. The first-order chi connectivity index (χ1) is 16.0. The van der Waals surface area contributed by atoms with E-state index < -0.39 is 5.91 Å². The summed E-state index contributed by atoms with van der Waals surface area (Å²) in [5, 5.41) is 7.18. The van der Waals surface area contributed by atoms with Crippen LogP contribution in [0.25, 0.3) is 0 Å². The van der Waals surface area contributed by atoms with Gasteiger partial charge in [-0.25, -0.2) is 5.43 Å². The number of hydrazone groups is 1. The number of hydrogen-bond acceptors (Lipinski definition) is 5. The number of halogens is 1. The van der Waals surface area contributed by atoms with Crippen molar-refractivity contribution in [2.75, 3.05) is 13.7 Å². The Kier molecular flexibility index (Phi) is 8.43. The Morgan fingerprint density at radius 1 is 1.03 bits per heavy atom. The molecule has 2 amide bonds. The third-order valence-electron chi connectivity index (χ3n) is 4.70. The smallest absolute Gasteiger partial charge is 0.259 e. The van der Waals surface area contributed by atoms with Gasteiger partial charge < -0.3 is 14.8 Å². The first-order valence-corrected chi connectivity index (χ1v) is 10.5. The van der Waals surface area contributed by atoms with Gasteiger partial charge in [-0.2, -0.15) is 5.10 Å². The summed E-state index contributed by atoms with van der Waals surface area (Å²) < 4.78 is 11.2. The Hall–Kier alpha value is -3.84. The molecule has 2 N–H and O–H groups in total. The highest BCUT2D eigenvalue weighted by molar-refractivity contribution is 6.30. The Morgan fingerprint density at radius 3 is 2.52 bits per heavy atom.